The second-order valence-electron chi connectivity index (χ2n) is 3.99. The lowest BCUT2D eigenvalue weighted by atomic mass is 10.1. The molecule has 1 atom stereocenters. The monoisotopic (exact) mass is 259 g/mol. The van der Waals surface area contributed by atoms with Gasteiger partial charge in [-0.15, -0.1) is 0 Å². The summed E-state index contributed by atoms with van der Waals surface area (Å²) in [5, 5.41) is 4.69. The maximum atomic E-state index is 6.13. The quantitative estimate of drug-likeness (QED) is 0.724. The Labute approximate surface area is 108 Å². The van der Waals surface area contributed by atoms with Gasteiger partial charge in [0.05, 0.1) is 15.7 Å². The van der Waals surface area contributed by atoms with E-state index in [0.717, 1.165) is 12.1 Å². The van der Waals surface area contributed by atoms with E-state index < -0.39 is 0 Å². The van der Waals surface area contributed by atoms with Crippen LogP contribution >= 0.6 is 23.2 Å². The minimum absolute atomic E-state index is 0.482. The van der Waals surface area contributed by atoms with E-state index in [0.29, 0.717) is 16.1 Å². The summed E-state index contributed by atoms with van der Waals surface area (Å²) in [7, 11) is 0. The summed E-state index contributed by atoms with van der Waals surface area (Å²) in [6, 6.07) is 6.18. The number of benzene rings is 1. The minimum Gasteiger partial charge on any atom is -0.381 e. The fraction of sp³-hybridized carbons (Fsp3) is 0.538. The Morgan fingerprint density at radius 3 is 2.62 bits per heavy atom. The van der Waals surface area contributed by atoms with E-state index in [-0.39, 0.29) is 0 Å². The number of nitrogens with one attached hydrogen (secondary N) is 1. The van der Waals surface area contributed by atoms with E-state index in [1.54, 1.807) is 0 Å². The van der Waals surface area contributed by atoms with Gasteiger partial charge in [-0.1, -0.05) is 56.0 Å². The molecule has 0 fully saturated rings. The van der Waals surface area contributed by atoms with Crippen molar-refractivity contribution in [3.8, 4) is 0 Å². The molecule has 0 aliphatic heterocycles. The van der Waals surface area contributed by atoms with Crippen molar-refractivity contribution in [2.45, 2.75) is 45.6 Å². The predicted octanol–water partition coefficient (Wildman–Crippen LogP) is 5.37. The Morgan fingerprint density at radius 1 is 1.25 bits per heavy atom. The van der Waals surface area contributed by atoms with Crippen molar-refractivity contribution in [2.75, 3.05) is 5.32 Å². The van der Waals surface area contributed by atoms with Crippen LogP contribution in [-0.2, 0) is 0 Å². The SMILES string of the molecule is CCCCC(CC)Nc1cccc(Cl)c1Cl. The number of anilines is 1. The Hall–Kier alpha value is -0.400. The molecular weight excluding hydrogens is 241 g/mol. The van der Waals surface area contributed by atoms with Gasteiger partial charge < -0.3 is 5.32 Å². The molecule has 0 amide bonds. The third-order valence-electron chi connectivity index (χ3n) is 2.71. The van der Waals surface area contributed by atoms with E-state index in [2.05, 4.69) is 19.2 Å². The summed E-state index contributed by atoms with van der Waals surface area (Å²) in [5.74, 6) is 0. The molecule has 1 nitrogen and oxygen atoms in total. The molecule has 0 spiro atoms. The molecule has 0 aromatic heterocycles. The molecule has 0 saturated carbocycles. The van der Waals surface area contributed by atoms with Gasteiger partial charge in [-0.05, 0) is 25.0 Å². The molecule has 3 heteroatoms. The van der Waals surface area contributed by atoms with Gasteiger partial charge in [-0.25, -0.2) is 0 Å². The molecule has 0 radical (unpaired) electrons. The van der Waals surface area contributed by atoms with Crippen LogP contribution < -0.4 is 5.32 Å². The predicted molar refractivity (Wildman–Crippen MR) is 73.7 cm³/mol. The van der Waals surface area contributed by atoms with Gasteiger partial charge in [-0.3, -0.25) is 0 Å². The van der Waals surface area contributed by atoms with Crippen molar-refractivity contribution in [1.29, 1.82) is 0 Å². The molecule has 1 N–H and O–H groups in total. The summed E-state index contributed by atoms with van der Waals surface area (Å²) in [6.45, 7) is 4.39. The van der Waals surface area contributed by atoms with Crippen molar-refractivity contribution < 1.29 is 0 Å². The normalized spacial score (nSPS) is 12.5. The van der Waals surface area contributed by atoms with E-state index >= 15 is 0 Å². The number of unbranched alkanes of at least 4 members (excludes halogenated alkanes) is 1. The van der Waals surface area contributed by atoms with Crippen molar-refractivity contribution in [3.05, 3.63) is 28.2 Å². The molecule has 0 saturated heterocycles. The van der Waals surface area contributed by atoms with Gasteiger partial charge in [0, 0.05) is 6.04 Å². The Morgan fingerprint density at radius 2 is 2.00 bits per heavy atom. The summed E-state index contributed by atoms with van der Waals surface area (Å²) in [4.78, 5) is 0. The zero-order chi connectivity index (χ0) is 12.0. The zero-order valence-electron chi connectivity index (χ0n) is 9.89. The summed E-state index contributed by atoms with van der Waals surface area (Å²) >= 11 is 12.1. The molecular formula is C13H19Cl2N. The average Bonchev–Trinajstić information content (AvgIpc) is 2.30. The van der Waals surface area contributed by atoms with Crippen LogP contribution in [0.4, 0.5) is 5.69 Å². The maximum absolute atomic E-state index is 6.13. The van der Waals surface area contributed by atoms with E-state index in [1.807, 2.05) is 18.2 Å². The van der Waals surface area contributed by atoms with Crippen molar-refractivity contribution in [2.24, 2.45) is 0 Å². The van der Waals surface area contributed by atoms with Gasteiger partial charge in [0.2, 0.25) is 0 Å². The van der Waals surface area contributed by atoms with E-state index in [9.17, 15) is 0 Å². The molecule has 1 unspecified atom stereocenters. The van der Waals surface area contributed by atoms with Crippen LogP contribution in [0.2, 0.25) is 10.0 Å². The highest BCUT2D eigenvalue weighted by Gasteiger charge is 2.09. The first-order valence-electron chi connectivity index (χ1n) is 5.89. The van der Waals surface area contributed by atoms with Gasteiger partial charge >= 0.3 is 0 Å². The minimum atomic E-state index is 0.482. The van der Waals surface area contributed by atoms with Crippen LogP contribution in [0.1, 0.15) is 39.5 Å². The van der Waals surface area contributed by atoms with Crippen LogP contribution in [0.5, 0.6) is 0 Å². The first-order chi connectivity index (χ1) is 7.69. The van der Waals surface area contributed by atoms with Crippen LogP contribution in [0, 0.1) is 0 Å². The number of halogens is 2. The smallest absolute Gasteiger partial charge is 0.0823 e. The fourth-order valence-electron chi connectivity index (χ4n) is 1.66. The number of hydrogen-bond donors (Lipinski definition) is 1. The highest BCUT2D eigenvalue weighted by molar-refractivity contribution is 6.43. The molecule has 0 aliphatic carbocycles. The third kappa shape index (κ3) is 3.88. The number of rotatable bonds is 6. The summed E-state index contributed by atoms with van der Waals surface area (Å²) in [6.07, 6.45) is 4.74. The lowest BCUT2D eigenvalue weighted by Crippen LogP contribution is -2.18. The number of hydrogen-bond acceptors (Lipinski definition) is 1. The Balaban J connectivity index is 2.66. The molecule has 16 heavy (non-hydrogen) atoms. The molecule has 1 rings (SSSR count). The second kappa shape index (κ2) is 7.03. The average molecular weight is 260 g/mol. The fourth-order valence-corrected chi connectivity index (χ4v) is 2.02. The van der Waals surface area contributed by atoms with Gasteiger partial charge in [-0.2, -0.15) is 0 Å². The summed E-state index contributed by atoms with van der Waals surface area (Å²) < 4.78 is 0. The molecule has 1 aromatic rings. The largest absolute Gasteiger partial charge is 0.381 e. The Bertz CT molecular complexity index is 326. The topological polar surface area (TPSA) is 12.0 Å². The van der Waals surface area contributed by atoms with Crippen LogP contribution in [-0.4, -0.2) is 6.04 Å². The van der Waals surface area contributed by atoms with E-state index in [4.69, 9.17) is 23.2 Å². The first kappa shape index (κ1) is 13.7. The van der Waals surface area contributed by atoms with Crippen molar-refractivity contribution in [1.82, 2.24) is 0 Å². The molecule has 0 aliphatic rings. The zero-order valence-corrected chi connectivity index (χ0v) is 11.4. The molecule has 0 heterocycles. The van der Waals surface area contributed by atoms with Gasteiger partial charge in [0.15, 0.2) is 0 Å². The van der Waals surface area contributed by atoms with Crippen LogP contribution in [0.15, 0.2) is 18.2 Å². The van der Waals surface area contributed by atoms with Crippen molar-refractivity contribution >= 4 is 28.9 Å². The lowest BCUT2D eigenvalue weighted by Gasteiger charge is -2.19. The second-order valence-corrected chi connectivity index (χ2v) is 4.78. The van der Waals surface area contributed by atoms with Gasteiger partial charge in [0.25, 0.3) is 0 Å². The van der Waals surface area contributed by atoms with Gasteiger partial charge in [0.1, 0.15) is 0 Å². The Kier molecular flexibility index (Phi) is 6.00. The highest BCUT2D eigenvalue weighted by atomic mass is 35.5. The molecule has 90 valence electrons. The lowest BCUT2D eigenvalue weighted by molar-refractivity contribution is 0.593. The summed E-state index contributed by atoms with van der Waals surface area (Å²) in [5.41, 5.74) is 0.942. The maximum Gasteiger partial charge on any atom is 0.0823 e. The first-order valence-corrected chi connectivity index (χ1v) is 6.65. The molecule has 0 bridgehead atoms. The third-order valence-corrected chi connectivity index (χ3v) is 3.53. The van der Waals surface area contributed by atoms with Crippen LogP contribution in [0.3, 0.4) is 0 Å². The standard InChI is InChI=1S/C13H19Cl2N/c1-3-5-7-10(4-2)16-12-9-6-8-11(14)13(12)15/h6,8-10,16H,3-5,7H2,1-2H3. The van der Waals surface area contributed by atoms with Crippen LogP contribution in [0.25, 0.3) is 0 Å². The van der Waals surface area contributed by atoms with Crippen molar-refractivity contribution in [3.63, 3.8) is 0 Å². The highest BCUT2D eigenvalue weighted by Crippen LogP contribution is 2.30. The van der Waals surface area contributed by atoms with E-state index in [1.165, 1.54) is 19.3 Å². The molecule has 1 aromatic carbocycles.